The van der Waals surface area contributed by atoms with Crippen molar-refractivity contribution in [2.24, 2.45) is 0 Å². The second-order valence-corrected chi connectivity index (χ2v) is 4.61. The first-order chi connectivity index (χ1) is 8.74. The van der Waals surface area contributed by atoms with Crippen molar-refractivity contribution in [3.63, 3.8) is 0 Å². The van der Waals surface area contributed by atoms with Crippen LogP contribution in [0.25, 0.3) is 0 Å². The fourth-order valence-electron chi connectivity index (χ4n) is 2.18. The molecule has 18 heavy (non-hydrogen) atoms. The molecule has 0 aliphatic carbocycles. The molecular weight excluding hydrogens is 250 g/mol. The number of methoxy groups -OCH3 is 1. The normalized spacial score (nSPS) is 17.4. The molecule has 2 rings (SSSR count). The minimum atomic E-state index is -0.423. The van der Waals surface area contributed by atoms with E-state index in [9.17, 15) is 4.79 Å². The van der Waals surface area contributed by atoms with Gasteiger partial charge in [-0.15, -0.1) is 0 Å². The van der Waals surface area contributed by atoms with Gasteiger partial charge in [-0.1, -0.05) is 42.0 Å². The van der Waals surface area contributed by atoms with Crippen molar-refractivity contribution in [2.45, 2.75) is 12.5 Å². The first-order valence-electron chi connectivity index (χ1n) is 5.95. The highest BCUT2D eigenvalue weighted by Gasteiger charge is 2.29. The number of hydrogen-bond donors (Lipinski definition) is 0. The summed E-state index contributed by atoms with van der Waals surface area (Å²) in [6.45, 7) is 1.58. The molecule has 0 saturated carbocycles. The lowest BCUT2D eigenvalue weighted by atomic mass is 10.0. The van der Waals surface area contributed by atoms with Crippen molar-refractivity contribution in [3.05, 3.63) is 47.0 Å². The molecule has 0 saturated heterocycles. The van der Waals surface area contributed by atoms with Crippen molar-refractivity contribution in [1.82, 2.24) is 4.90 Å². The van der Waals surface area contributed by atoms with Gasteiger partial charge >= 0.3 is 5.97 Å². The number of nitrogens with zero attached hydrogens (tertiary/aromatic N) is 1. The van der Waals surface area contributed by atoms with Crippen LogP contribution in [0.15, 0.2) is 36.4 Å². The average Bonchev–Trinajstić information content (AvgIpc) is 2.42. The molecule has 0 amide bonds. The molecule has 1 aromatic carbocycles. The molecule has 1 aromatic rings. The quantitative estimate of drug-likeness (QED) is 0.622. The third-order valence-electron chi connectivity index (χ3n) is 3.08. The van der Waals surface area contributed by atoms with Gasteiger partial charge in [0.25, 0.3) is 0 Å². The summed E-state index contributed by atoms with van der Waals surface area (Å²) in [6.07, 6.45) is 5.13. The molecule has 4 heteroatoms. The van der Waals surface area contributed by atoms with E-state index in [0.29, 0.717) is 5.02 Å². The van der Waals surface area contributed by atoms with Gasteiger partial charge in [0.05, 0.1) is 7.11 Å². The molecule has 3 nitrogen and oxygen atoms in total. The van der Waals surface area contributed by atoms with Crippen LogP contribution in [-0.2, 0) is 9.53 Å². The van der Waals surface area contributed by atoms with E-state index in [2.05, 4.69) is 17.1 Å². The van der Waals surface area contributed by atoms with Crippen LogP contribution >= 0.6 is 11.6 Å². The molecule has 0 unspecified atom stereocenters. The maximum Gasteiger partial charge on any atom is 0.327 e. The molecule has 1 aliphatic heterocycles. The van der Waals surface area contributed by atoms with Gasteiger partial charge in [0.2, 0.25) is 0 Å². The summed E-state index contributed by atoms with van der Waals surface area (Å²) < 4.78 is 4.91. The van der Waals surface area contributed by atoms with Crippen LogP contribution in [0.2, 0.25) is 5.02 Å². The smallest absolute Gasteiger partial charge is 0.327 e. The maximum absolute atomic E-state index is 12.0. The Morgan fingerprint density at radius 2 is 2.17 bits per heavy atom. The molecule has 1 aliphatic rings. The number of rotatable bonds is 3. The van der Waals surface area contributed by atoms with Crippen LogP contribution in [0.3, 0.4) is 0 Å². The summed E-state index contributed by atoms with van der Waals surface area (Å²) in [5, 5.41) is 0.599. The lowest BCUT2D eigenvalue weighted by Gasteiger charge is -2.31. The Balaban J connectivity index is 2.33. The molecule has 0 spiro atoms. The summed E-state index contributed by atoms with van der Waals surface area (Å²) in [5.74, 6) is -0.265. The monoisotopic (exact) mass is 265 g/mol. The lowest BCUT2D eigenvalue weighted by molar-refractivity contribution is -0.147. The molecule has 1 atom stereocenters. The number of esters is 1. The van der Waals surface area contributed by atoms with Crippen molar-refractivity contribution in [1.29, 1.82) is 0 Å². The van der Waals surface area contributed by atoms with E-state index in [4.69, 9.17) is 16.3 Å². The predicted octanol–water partition coefficient (Wildman–Crippen LogP) is 2.82. The van der Waals surface area contributed by atoms with Crippen LogP contribution in [0.5, 0.6) is 0 Å². The zero-order valence-corrected chi connectivity index (χ0v) is 11.1. The Morgan fingerprint density at radius 3 is 2.78 bits per heavy atom. The third-order valence-corrected chi connectivity index (χ3v) is 3.42. The van der Waals surface area contributed by atoms with Gasteiger partial charge in [-0.05, 0) is 18.1 Å². The minimum Gasteiger partial charge on any atom is -0.468 e. The molecule has 0 N–H and O–H groups in total. The molecule has 0 fully saturated rings. The number of benzene rings is 1. The highest BCUT2D eigenvalue weighted by molar-refractivity contribution is 6.31. The van der Waals surface area contributed by atoms with Gasteiger partial charge in [-0.3, -0.25) is 4.90 Å². The molecule has 0 aromatic heterocycles. The maximum atomic E-state index is 12.0. The number of ether oxygens (including phenoxy) is 1. The SMILES string of the molecule is COC(=O)[C@H](c1ccccc1Cl)N1CC=CCC1. The Labute approximate surface area is 112 Å². The largest absolute Gasteiger partial charge is 0.468 e. The molecule has 96 valence electrons. The Kier molecular flexibility index (Phi) is 4.39. The minimum absolute atomic E-state index is 0.265. The zero-order valence-electron chi connectivity index (χ0n) is 10.3. The average molecular weight is 266 g/mol. The third kappa shape index (κ3) is 2.74. The topological polar surface area (TPSA) is 29.5 Å². The molecular formula is C14H16ClNO2. The highest BCUT2D eigenvalue weighted by Crippen LogP contribution is 2.29. The van der Waals surface area contributed by atoms with Gasteiger partial charge in [-0.2, -0.15) is 0 Å². The zero-order chi connectivity index (χ0) is 13.0. The molecule has 0 bridgehead atoms. The molecule has 0 radical (unpaired) electrons. The van der Waals surface area contributed by atoms with Crippen molar-refractivity contribution < 1.29 is 9.53 Å². The first kappa shape index (κ1) is 13.1. The summed E-state index contributed by atoms with van der Waals surface area (Å²) in [6, 6.07) is 7.00. The Bertz CT molecular complexity index is 459. The Morgan fingerprint density at radius 1 is 1.39 bits per heavy atom. The van der Waals surface area contributed by atoms with E-state index in [1.54, 1.807) is 6.07 Å². The number of carbonyl (C=O) groups excluding carboxylic acids is 1. The van der Waals surface area contributed by atoms with E-state index in [1.165, 1.54) is 7.11 Å². The van der Waals surface area contributed by atoms with Crippen LogP contribution in [0.4, 0.5) is 0 Å². The fraction of sp³-hybridized carbons (Fsp3) is 0.357. The van der Waals surface area contributed by atoms with Crippen LogP contribution in [0, 0.1) is 0 Å². The highest BCUT2D eigenvalue weighted by atomic mass is 35.5. The fourth-order valence-corrected chi connectivity index (χ4v) is 2.41. The first-order valence-corrected chi connectivity index (χ1v) is 6.33. The van der Waals surface area contributed by atoms with E-state index in [1.807, 2.05) is 18.2 Å². The standard InChI is InChI=1S/C14H16ClNO2/c1-18-14(17)13(16-9-5-2-6-10-16)11-7-3-4-8-12(11)15/h2-5,7-8,13H,6,9-10H2,1H3/t13-/m0/s1. The number of hydrogen-bond acceptors (Lipinski definition) is 3. The summed E-state index contributed by atoms with van der Waals surface area (Å²) in [5.41, 5.74) is 0.807. The van der Waals surface area contributed by atoms with Gasteiger partial charge < -0.3 is 4.74 Å². The van der Waals surface area contributed by atoms with Gasteiger partial charge in [0.1, 0.15) is 6.04 Å². The van der Waals surface area contributed by atoms with Crippen molar-refractivity contribution >= 4 is 17.6 Å². The van der Waals surface area contributed by atoms with Crippen LogP contribution in [-0.4, -0.2) is 31.1 Å². The summed E-state index contributed by atoms with van der Waals surface area (Å²) in [7, 11) is 1.41. The van der Waals surface area contributed by atoms with Crippen molar-refractivity contribution in [3.8, 4) is 0 Å². The van der Waals surface area contributed by atoms with Gasteiger partial charge in [0.15, 0.2) is 0 Å². The summed E-state index contributed by atoms with van der Waals surface area (Å²) >= 11 is 6.19. The van der Waals surface area contributed by atoms with Crippen molar-refractivity contribution in [2.75, 3.05) is 20.2 Å². The number of halogens is 1. The van der Waals surface area contributed by atoms with E-state index >= 15 is 0 Å². The van der Waals surface area contributed by atoms with E-state index in [-0.39, 0.29) is 5.97 Å². The predicted molar refractivity (Wildman–Crippen MR) is 71.5 cm³/mol. The number of carbonyl (C=O) groups is 1. The second kappa shape index (κ2) is 6.03. The van der Waals surface area contributed by atoms with Gasteiger partial charge in [0, 0.05) is 18.1 Å². The summed E-state index contributed by atoms with van der Waals surface area (Å²) in [4.78, 5) is 14.1. The van der Waals surface area contributed by atoms with Crippen LogP contribution < -0.4 is 0 Å². The van der Waals surface area contributed by atoms with Gasteiger partial charge in [-0.25, -0.2) is 4.79 Å². The van der Waals surface area contributed by atoms with Crippen LogP contribution in [0.1, 0.15) is 18.0 Å². The van der Waals surface area contributed by atoms with E-state index < -0.39 is 6.04 Å². The Hall–Kier alpha value is -1.32. The van der Waals surface area contributed by atoms with E-state index in [0.717, 1.165) is 25.1 Å². The molecule has 1 heterocycles. The second-order valence-electron chi connectivity index (χ2n) is 4.20. The lowest BCUT2D eigenvalue weighted by Crippen LogP contribution is -2.37.